The fourth-order valence-corrected chi connectivity index (χ4v) is 2.52. The van der Waals surface area contributed by atoms with Crippen LogP contribution >= 0.6 is 0 Å². The van der Waals surface area contributed by atoms with Crippen LogP contribution in [0, 0.1) is 6.92 Å². The summed E-state index contributed by atoms with van der Waals surface area (Å²) < 4.78 is 5.30. The summed E-state index contributed by atoms with van der Waals surface area (Å²) in [4.78, 5) is 0. The molecule has 2 rings (SSSR count). The second-order valence-corrected chi connectivity index (χ2v) is 5.20. The van der Waals surface area contributed by atoms with E-state index >= 15 is 0 Å². The van der Waals surface area contributed by atoms with Gasteiger partial charge in [-0.05, 0) is 41.7 Å². The Hall–Kier alpha value is -1.80. The molecule has 0 aliphatic carbocycles. The van der Waals surface area contributed by atoms with Crippen LogP contribution in [0.25, 0.3) is 0 Å². The average molecular weight is 269 g/mol. The number of hydrogen-bond donors (Lipinski definition) is 1. The zero-order valence-electron chi connectivity index (χ0n) is 12.5. The summed E-state index contributed by atoms with van der Waals surface area (Å²) in [7, 11) is 1.69. The Labute approximate surface area is 121 Å². The monoisotopic (exact) mass is 269 g/mol. The molecule has 0 amide bonds. The van der Waals surface area contributed by atoms with Gasteiger partial charge in [0.1, 0.15) is 5.75 Å². The number of ether oxygens (including phenoxy) is 1. The van der Waals surface area contributed by atoms with E-state index in [4.69, 9.17) is 10.5 Å². The molecule has 1 unspecified atom stereocenters. The minimum absolute atomic E-state index is 0.0867. The average Bonchev–Trinajstić information content (AvgIpc) is 2.47. The fraction of sp³-hybridized carbons (Fsp3) is 0.333. The highest BCUT2D eigenvalue weighted by Gasteiger charge is 2.11. The van der Waals surface area contributed by atoms with Crippen molar-refractivity contribution in [2.24, 2.45) is 5.73 Å². The van der Waals surface area contributed by atoms with Crippen LogP contribution in [-0.4, -0.2) is 7.11 Å². The minimum atomic E-state index is -0.0867. The van der Waals surface area contributed by atoms with Gasteiger partial charge < -0.3 is 10.5 Å². The molecule has 2 aromatic carbocycles. The van der Waals surface area contributed by atoms with E-state index in [1.54, 1.807) is 7.11 Å². The Morgan fingerprint density at radius 1 is 1.10 bits per heavy atom. The maximum atomic E-state index is 6.40. The van der Waals surface area contributed by atoms with Gasteiger partial charge in [-0.15, -0.1) is 0 Å². The van der Waals surface area contributed by atoms with Gasteiger partial charge in [0.25, 0.3) is 0 Å². The molecule has 2 N–H and O–H groups in total. The Balaban J connectivity index is 2.28. The summed E-state index contributed by atoms with van der Waals surface area (Å²) in [5.41, 5.74) is 11.2. The number of nitrogens with two attached hydrogens (primary N) is 1. The number of benzene rings is 2. The molecule has 0 aromatic heterocycles. The van der Waals surface area contributed by atoms with Crippen molar-refractivity contribution in [3.8, 4) is 5.75 Å². The van der Waals surface area contributed by atoms with Crippen LogP contribution in [0.15, 0.2) is 42.5 Å². The lowest BCUT2D eigenvalue weighted by molar-refractivity contribution is 0.411. The van der Waals surface area contributed by atoms with E-state index in [1.165, 1.54) is 11.1 Å². The van der Waals surface area contributed by atoms with Gasteiger partial charge in [-0.25, -0.2) is 0 Å². The van der Waals surface area contributed by atoms with E-state index in [1.807, 2.05) is 19.1 Å². The third-order valence-electron chi connectivity index (χ3n) is 3.63. The first-order valence-corrected chi connectivity index (χ1v) is 7.14. The van der Waals surface area contributed by atoms with Crippen LogP contribution < -0.4 is 10.5 Å². The van der Waals surface area contributed by atoms with Crippen LogP contribution in [0.5, 0.6) is 5.75 Å². The first-order chi connectivity index (χ1) is 9.65. The number of rotatable bonds is 5. The van der Waals surface area contributed by atoms with E-state index < -0.39 is 0 Å². The topological polar surface area (TPSA) is 35.2 Å². The Morgan fingerprint density at radius 2 is 1.85 bits per heavy atom. The Kier molecular flexibility index (Phi) is 4.80. The molecule has 0 heterocycles. The molecule has 2 aromatic rings. The van der Waals surface area contributed by atoms with Crippen LogP contribution in [0.4, 0.5) is 0 Å². The highest BCUT2D eigenvalue weighted by molar-refractivity contribution is 5.41. The molecule has 106 valence electrons. The Bertz CT molecular complexity index is 577. The zero-order chi connectivity index (χ0) is 14.5. The van der Waals surface area contributed by atoms with Gasteiger partial charge in [-0.2, -0.15) is 0 Å². The van der Waals surface area contributed by atoms with Gasteiger partial charge in [0, 0.05) is 0 Å². The molecule has 1 atom stereocenters. The number of aryl methyl sites for hydroxylation is 2. The molecule has 0 bridgehead atoms. The van der Waals surface area contributed by atoms with E-state index in [0.717, 1.165) is 29.7 Å². The highest BCUT2D eigenvalue weighted by atomic mass is 16.5. The van der Waals surface area contributed by atoms with Crippen molar-refractivity contribution >= 4 is 0 Å². The first-order valence-electron chi connectivity index (χ1n) is 7.14. The summed E-state index contributed by atoms with van der Waals surface area (Å²) in [5, 5.41) is 0. The molecule has 0 aliphatic rings. The Morgan fingerprint density at radius 3 is 2.50 bits per heavy atom. The van der Waals surface area contributed by atoms with Gasteiger partial charge >= 0.3 is 0 Å². The van der Waals surface area contributed by atoms with Crippen molar-refractivity contribution in [1.82, 2.24) is 0 Å². The summed E-state index contributed by atoms with van der Waals surface area (Å²) in [6, 6.07) is 14.6. The van der Waals surface area contributed by atoms with E-state index in [9.17, 15) is 0 Å². The summed E-state index contributed by atoms with van der Waals surface area (Å²) in [6.07, 6.45) is 2.25. The van der Waals surface area contributed by atoms with Gasteiger partial charge in [0.05, 0.1) is 13.2 Å². The second-order valence-electron chi connectivity index (χ2n) is 5.20. The van der Waals surface area contributed by atoms with Crippen LogP contribution in [0.1, 0.15) is 41.6 Å². The smallest absolute Gasteiger partial charge is 0.121 e. The second kappa shape index (κ2) is 6.58. The lowest BCUT2D eigenvalue weighted by Crippen LogP contribution is -2.12. The molecule has 0 saturated carbocycles. The first kappa shape index (κ1) is 14.6. The molecular formula is C18H23NO. The van der Waals surface area contributed by atoms with E-state index in [-0.39, 0.29) is 6.04 Å². The largest absolute Gasteiger partial charge is 0.496 e. The summed E-state index contributed by atoms with van der Waals surface area (Å²) in [6.45, 7) is 4.24. The normalized spacial score (nSPS) is 12.2. The SMILES string of the molecule is CCCc1cccc(C(N)c2ccc(OC)c(C)c2)c1. The van der Waals surface area contributed by atoms with Crippen LogP contribution in [0.3, 0.4) is 0 Å². The van der Waals surface area contributed by atoms with Crippen molar-refractivity contribution in [3.05, 3.63) is 64.7 Å². The zero-order valence-corrected chi connectivity index (χ0v) is 12.5. The lowest BCUT2D eigenvalue weighted by atomic mass is 9.95. The number of hydrogen-bond acceptors (Lipinski definition) is 2. The molecule has 0 fully saturated rings. The molecule has 0 spiro atoms. The molecule has 20 heavy (non-hydrogen) atoms. The molecule has 0 aliphatic heterocycles. The third kappa shape index (κ3) is 3.20. The fourth-order valence-electron chi connectivity index (χ4n) is 2.52. The summed E-state index contributed by atoms with van der Waals surface area (Å²) >= 11 is 0. The summed E-state index contributed by atoms with van der Waals surface area (Å²) in [5.74, 6) is 0.903. The number of methoxy groups -OCH3 is 1. The molecule has 0 radical (unpaired) electrons. The minimum Gasteiger partial charge on any atom is -0.496 e. The van der Waals surface area contributed by atoms with Crippen molar-refractivity contribution < 1.29 is 4.74 Å². The van der Waals surface area contributed by atoms with E-state index in [2.05, 4.69) is 37.3 Å². The maximum absolute atomic E-state index is 6.40. The maximum Gasteiger partial charge on any atom is 0.121 e. The van der Waals surface area contributed by atoms with Gasteiger partial charge in [-0.3, -0.25) is 0 Å². The van der Waals surface area contributed by atoms with Crippen molar-refractivity contribution in [2.45, 2.75) is 32.7 Å². The van der Waals surface area contributed by atoms with E-state index in [0.29, 0.717) is 0 Å². The van der Waals surface area contributed by atoms with Crippen molar-refractivity contribution in [1.29, 1.82) is 0 Å². The lowest BCUT2D eigenvalue weighted by Gasteiger charge is -2.15. The van der Waals surface area contributed by atoms with Crippen LogP contribution in [-0.2, 0) is 6.42 Å². The van der Waals surface area contributed by atoms with Crippen molar-refractivity contribution in [3.63, 3.8) is 0 Å². The van der Waals surface area contributed by atoms with Crippen molar-refractivity contribution in [2.75, 3.05) is 7.11 Å². The predicted octanol–water partition coefficient (Wildman–Crippen LogP) is 4.00. The third-order valence-corrected chi connectivity index (χ3v) is 3.63. The van der Waals surface area contributed by atoms with Gasteiger partial charge in [0.15, 0.2) is 0 Å². The molecule has 2 nitrogen and oxygen atoms in total. The highest BCUT2D eigenvalue weighted by Crippen LogP contribution is 2.25. The van der Waals surface area contributed by atoms with Gasteiger partial charge in [0.2, 0.25) is 0 Å². The standard InChI is InChI=1S/C18H23NO/c1-4-6-14-7-5-8-15(12-14)18(19)16-9-10-17(20-3)13(2)11-16/h5,7-12,18H,4,6,19H2,1-3H3. The molecular weight excluding hydrogens is 246 g/mol. The van der Waals surface area contributed by atoms with Crippen LogP contribution in [0.2, 0.25) is 0 Å². The van der Waals surface area contributed by atoms with Gasteiger partial charge in [-0.1, -0.05) is 49.7 Å². The molecule has 2 heteroatoms. The molecule has 0 saturated heterocycles. The quantitative estimate of drug-likeness (QED) is 0.890. The predicted molar refractivity (Wildman–Crippen MR) is 84.2 cm³/mol.